The quantitative estimate of drug-likeness (QED) is 0.322. The van der Waals surface area contributed by atoms with E-state index in [2.05, 4.69) is 36.0 Å². The van der Waals surface area contributed by atoms with Gasteiger partial charge in [0.05, 0.1) is 36.0 Å². The van der Waals surface area contributed by atoms with Gasteiger partial charge in [0.1, 0.15) is 22.7 Å². The summed E-state index contributed by atoms with van der Waals surface area (Å²) >= 11 is 2.98. The van der Waals surface area contributed by atoms with E-state index >= 15 is 0 Å². The Morgan fingerprint density at radius 2 is 1.81 bits per heavy atom. The number of hydrogen-bond donors (Lipinski definition) is 1. The van der Waals surface area contributed by atoms with Crippen LogP contribution in [-0.4, -0.2) is 33.7 Å². The molecule has 36 heavy (non-hydrogen) atoms. The molecule has 14 heteroatoms. The number of nitrogens with one attached hydrogen (secondary N) is 1. The van der Waals surface area contributed by atoms with Crippen molar-refractivity contribution in [2.45, 2.75) is 32.8 Å². The lowest BCUT2D eigenvalue weighted by molar-refractivity contribution is -0.189. The zero-order valence-electron chi connectivity index (χ0n) is 18.8. The normalized spacial score (nSPS) is 11.4. The lowest BCUT2D eigenvalue weighted by atomic mass is 10.2. The van der Waals surface area contributed by atoms with Crippen LogP contribution in [0.1, 0.15) is 22.6 Å². The van der Waals surface area contributed by atoms with E-state index in [0.29, 0.717) is 24.0 Å². The average molecular weight is 577 g/mol. The first-order chi connectivity index (χ1) is 16.9. The second-order valence-electron chi connectivity index (χ2n) is 7.39. The molecule has 0 saturated carbocycles. The van der Waals surface area contributed by atoms with E-state index in [1.165, 1.54) is 19.3 Å². The van der Waals surface area contributed by atoms with Crippen molar-refractivity contribution in [1.82, 2.24) is 19.9 Å². The van der Waals surface area contributed by atoms with Gasteiger partial charge in [0, 0.05) is 18.2 Å². The van der Waals surface area contributed by atoms with Crippen LogP contribution in [0.25, 0.3) is 0 Å². The average Bonchev–Trinajstić information content (AvgIpc) is 2.81. The van der Waals surface area contributed by atoms with Gasteiger partial charge in [-0.3, -0.25) is 14.8 Å². The van der Waals surface area contributed by atoms with Crippen LogP contribution in [0.5, 0.6) is 11.5 Å². The van der Waals surface area contributed by atoms with E-state index in [0.717, 1.165) is 16.7 Å². The Hall–Kier alpha value is -3.39. The number of ether oxygens (including phenoxy) is 2. The lowest BCUT2D eigenvalue weighted by Crippen LogP contribution is -2.31. The van der Waals surface area contributed by atoms with E-state index in [1.54, 1.807) is 7.05 Å². The Kier molecular flexibility index (Phi) is 8.40. The van der Waals surface area contributed by atoms with Crippen molar-refractivity contribution >= 4 is 21.9 Å². The monoisotopic (exact) mass is 576 g/mol. The molecule has 0 atom stereocenters. The predicted octanol–water partition coefficient (Wildman–Crippen LogP) is 3.80. The van der Waals surface area contributed by atoms with Gasteiger partial charge in [0.2, 0.25) is 0 Å². The number of carbonyl (C=O) groups is 1. The van der Waals surface area contributed by atoms with Gasteiger partial charge in [-0.2, -0.15) is 13.2 Å². The fourth-order valence-corrected chi connectivity index (χ4v) is 3.54. The first-order valence-corrected chi connectivity index (χ1v) is 10.9. The minimum Gasteiger partial charge on any atom is -0.483 e. The zero-order chi connectivity index (χ0) is 26.6. The third-order valence-corrected chi connectivity index (χ3v) is 5.52. The molecule has 2 heterocycles. The molecule has 0 radical (unpaired) electrons. The molecule has 3 aromatic rings. The van der Waals surface area contributed by atoms with E-state index in [1.807, 2.05) is 0 Å². The number of pyridine rings is 1. The Bertz CT molecular complexity index is 1330. The summed E-state index contributed by atoms with van der Waals surface area (Å²) in [5, 5.41) is 2.89. The number of esters is 1. The second-order valence-corrected chi connectivity index (χ2v) is 8.18. The Balaban J connectivity index is 2.04. The summed E-state index contributed by atoms with van der Waals surface area (Å²) in [6.07, 6.45) is -2.51. The largest absolute Gasteiger partial charge is 0.491 e. The van der Waals surface area contributed by atoms with Gasteiger partial charge in [-0.25, -0.2) is 13.6 Å². The summed E-state index contributed by atoms with van der Waals surface area (Å²) in [7, 11) is 1.72. The maximum atomic E-state index is 14.0. The number of carbonyl (C=O) groups excluding carboxylic acids is 1. The van der Waals surface area contributed by atoms with E-state index in [-0.39, 0.29) is 22.3 Å². The molecule has 0 bridgehead atoms. The summed E-state index contributed by atoms with van der Waals surface area (Å²) in [6, 6.07) is 2.60. The molecular formula is C22H18BrF5N4O4. The third kappa shape index (κ3) is 6.23. The number of hydrogen-bond acceptors (Lipinski definition) is 7. The van der Waals surface area contributed by atoms with Crippen molar-refractivity contribution in [3.63, 3.8) is 0 Å². The zero-order valence-corrected chi connectivity index (χ0v) is 20.3. The first kappa shape index (κ1) is 27.2. The van der Waals surface area contributed by atoms with Crippen LogP contribution in [0.3, 0.4) is 0 Å². The molecular weight excluding hydrogens is 559 g/mol. The van der Waals surface area contributed by atoms with Gasteiger partial charge >= 0.3 is 12.1 Å². The predicted molar refractivity (Wildman–Crippen MR) is 119 cm³/mol. The Morgan fingerprint density at radius 3 is 2.39 bits per heavy atom. The summed E-state index contributed by atoms with van der Waals surface area (Å²) in [5.41, 5.74) is -0.202. The van der Waals surface area contributed by atoms with Crippen molar-refractivity contribution in [2.24, 2.45) is 0 Å². The minimum atomic E-state index is -5.35. The van der Waals surface area contributed by atoms with Crippen molar-refractivity contribution < 1.29 is 36.2 Å². The number of nitrogens with zero attached hydrogens (tertiary/aromatic N) is 3. The molecule has 0 spiro atoms. The molecule has 0 saturated heterocycles. The highest BCUT2D eigenvalue weighted by molar-refractivity contribution is 9.10. The van der Waals surface area contributed by atoms with Crippen LogP contribution in [0.15, 0.2) is 39.9 Å². The maximum Gasteiger partial charge on any atom is 0.491 e. The smallest absolute Gasteiger partial charge is 0.483 e. The third-order valence-electron chi connectivity index (χ3n) is 4.82. The Morgan fingerprint density at radius 1 is 1.14 bits per heavy atom. The molecule has 0 aliphatic heterocycles. The molecule has 0 aliphatic carbocycles. The van der Waals surface area contributed by atoms with Crippen molar-refractivity contribution in [1.29, 1.82) is 0 Å². The maximum absolute atomic E-state index is 14.0. The second kappa shape index (κ2) is 11.1. The minimum absolute atomic E-state index is 0.157. The van der Waals surface area contributed by atoms with E-state index < -0.39 is 47.4 Å². The molecule has 192 valence electrons. The van der Waals surface area contributed by atoms with Crippen LogP contribution in [0.4, 0.5) is 22.0 Å². The SMILES string of the molecule is CNCc1cnc(Cn2c(C)c(OC(=O)C(F)(F)F)c(OCc3ccc(F)cc3F)c(Br)c2=O)cn1. The highest BCUT2D eigenvalue weighted by Gasteiger charge is 2.42. The molecule has 1 aromatic carbocycles. The van der Waals surface area contributed by atoms with Gasteiger partial charge in [0.15, 0.2) is 11.5 Å². The molecule has 1 N–H and O–H groups in total. The van der Waals surface area contributed by atoms with E-state index in [4.69, 9.17) is 4.74 Å². The molecule has 0 aliphatic rings. The molecule has 0 amide bonds. The number of rotatable bonds is 8. The van der Waals surface area contributed by atoms with Crippen molar-refractivity contribution in [3.8, 4) is 11.5 Å². The summed E-state index contributed by atoms with van der Waals surface area (Å²) in [5.74, 6) is -5.67. The van der Waals surface area contributed by atoms with Crippen molar-refractivity contribution in [3.05, 3.63) is 79.7 Å². The molecule has 0 fully saturated rings. The van der Waals surface area contributed by atoms with Crippen LogP contribution < -0.4 is 20.3 Å². The molecule has 2 aromatic heterocycles. The van der Waals surface area contributed by atoms with Gasteiger partial charge in [-0.05, 0) is 42.0 Å². The number of alkyl halides is 3. The Labute approximate surface area is 209 Å². The number of benzene rings is 1. The molecule has 8 nitrogen and oxygen atoms in total. The summed E-state index contributed by atoms with van der Waals surface area (Å²) < 4.78 is 76.7. The fraction of sp³-hybridized carbons (Fsp3) is 0.273. The number of aromatic nitrogens is 3. The van der Waals surface area contributed by atoms with E-state index in [9.17, 15) is 31.5 Å². The first-order valence-electron chi connectivity index (χ1n) is 10.1. The van der Waals surface area contributed by atoms with Crippen LogP contribution in [0, 0.1) is 18.6 Å². The summed E-state index contributed by atoms with van der Waals surface area (Å²) in [6.45, 7) is 0.846. The lowest BCUT2D eigenvalue weighted by Gasteiger charge is -2.20. The van der Waals surface area contributed by atoms with Gasteiger partial charge in [-0.1, -0.05) is 0 Å². The van der Waals surface area contributed by atoms with Crippen LogP contribution in [0.2, 0.25) is 0 Å². The number of halogens is 6. The standard InChI is InChI=1S/C22H18BrF5N4O4/c1-11-18(36-21(34)22(26,27)28)19(35-10-12-3-4-13(24)5-16(12)25)17(23)20(33)32(11)9-15-8-30-14(6-29-2)7-31-15/h3-5,7-8,29H,6,9-10H2,1-2H3. The van der Waals surface area contributed by atoms with Gasteiger partial charge in [0.25, 0.3) is 5.56 Å². The molecule has 0 unspecified atom stereocenters. The van der Waals surface area contributed by atoms with Gasteiger partial charge < -0.3 is 19.4 Å². The fourth-order valence-electron chi connectivity index (χ4n) is 3.03. The van der Waals surface area contributed by atoms with Gasteiger partial charge in [-0.15, -0.1) is 0 Å². The topological polar surface area (TPSA) is 95.3 Å². The summed E-state index contributed by atoms with van der Waals surface area (Å²) in [4.78, 5) is 33.0. The molecule has 3 rings (SSSR count). The van der Waals surface area contributed by atoms with Crippen LogP contribution >= 0.6 is 15.9 Å². The highest BCUT2D eigenvalue weighted by Crippen LogP contribution is 2.38. The van der Waals surface area contributed by atoms with Crippen molar-refractivity contribution in [2.75, 3.05) is 7.05 Å². The highest BCUT2D eigenvalue weighted by atomic mass is 79.9. The van der Waals surface area contributed by atoms with Crippen LogP contribution in [-0.2, 0) is 24.5 Å².